The zero-order valence-electron chi connectivity index (χ0n) is 14.4. The van der Waals surface area contributed by atoms with Crippen LogP contribution >= 0.6 is 0 Å². The van der Waals surface area contributed by atoms with E-state index in [-0.39, 0.29) is 11.6 Å². The number of hydrogen-bond acceptors (Lipinski definition) is 6. The Morgan fingerprint density at radius 3 is 3.08 bits per heavy atom. The summed E-state index contributed by atoms with van der Waals surface area (Å²) < 4.78 is 1.97. The largest absolute Gasteiger partial charge is 0.478 e. The van der Waals surface area contributed by atoms with E-state index in [0.29, 0.717) is 12.2 Å². The Kier molecular flexibility index (Phi) is 5.30. The van der Waals surface area contributed by atoms with Crippen molar-refractivity contribution in [1.82, 2.24) is 19.7 Å². The Hall–Kier alpha value is -2.45. The Labute approximate surface area is 146 Å². The van der Waals surface area contributed by atoms with E-state index >= 15 is 0 Å². The summed E-state index contributed by atoms with van der Waals surface area (Å²) in [6.07, 6.45) is 6.94. The van der Waals surface area contributed by atoms with Crippen molar-refractivity contribution in [1.29, 1.82) is 0 Å². The zero-order valence-corrected chi connectivity index (χ0v) is 14.4. The number of aryl methyl sites for hydroxylation is 1. The molecule has 4 N–H and O–H groups in total. The number of nitrogens with two attached hydrogens (primary N) is 1. The average Bonchev–Trinajstić information content (AvgIpc) is 2.96. The molecule has 0 spiro atoms. The van der Waals surface area contributed by atoms with Gasteiger partial charge in [0.1, 0.15) is 5.82 Å². The third-order valence-corrected chi connectivity index (χ3v) is 4.55. The maximum atomic E-state index is 11.4. The highest BCUT2D eigenvalue weighted by atomic mass is 16.4. The number of carbonyl (C=O) groups is 1. The molecular formula is C17H24N6O2. The summed E-state index contributed by atoms with van der Waals surface area (Å²) in [6, 6.07) is 1.73. The van der Waals surface area contributed by atoms with Crippen LogP contribution in [0.25, 0.3) is 0 Å². The minimum atomic E-state index is -0.986. The van der Waals surface area contributed by atoms with Crippen LogP contribution in [-0.2, 0) is 0 Å². The third-order valence-electron chi connectivity index (χ3n) is 4.55. The summed E-state index contributed by atoms with van der Waals surface area (Å²) in [5.74, 6) is -0.171. The topological polar surface area (TPSA) is 109 Å². The standard InChI is InChI=1S/C17H24N6O2/c1-12-9-20-23(13-3-2-7-22(11-13)8-5-18)16(12)21-15-10-19-6-4-14(15)17(24)25/h4,6,9-10,13,21H,2-3,5,7-8,11,18H2,1H3,(H,24,25)/t13-/m0/s1. The first-order chi connectivity index (χ1) is 12.1. The van der Waals surface area contributed by atoms with E-state index in [1.54, 1.807) is 6.20 Å². The zero-order chi connectivity index (χ0) is 17.8. The number of nitrogens with one attached hydrogen (secondary N) is 1. The summed E-state index contributed by atoms with van der Waals surface area (Å²) in [6.45, 7) is 5.44. The van der Waals surface area contributed by atoms with Crippen LogP contribution in [-0.4, -0.2) is 56.9 Å². The van der Waals surface area contributed by atoms with Crippen LogP contribution in [0.15, 0.2) is 24.7 Å². The second-order valence-electron chi connectivity index (χ2n) is 6.36. The van der Waals surface area contributed by atoms with Gasteiger partial charge >= 0.3 is 5.97 Å². The molecule has 1 aliphatic rings. The first kappa shape index (κ1) is 17.4. The minimum Gasteiger partial charge on any atom is -0.478 e. The van der Waals surface area contributed by atoms with Gasteiger partial charge in [-0.1, -0.05) is 0 Å². The van der Waals surface area contributed by atoms with Crippen molar-refractivity contribution in [3.8, 4) is 0 Å². The smallest absolute Gasteiger partial charge is 0.337 e. The molecule has 0 aromatic carbocycles. The van der Waals surface area contributed by atoms with E-state index in [9.17, 15) is 9.90 Å². The van der Waals surface area contributed by atoms with Gasteiger partial charge in [0.15, 0.2) is 0 Å². The van der Waals surface area contributed by atoms with Crippen molar-refractivity contribution in [3.05, 3.63) is 35.8 Å². The predicted octanol–water partition coefficient (Wildman–Crippen LogP) is 1.62. The van der Waals surface area contributed by atoms with Crippen LogP contribution in [0.5, 0.6) is 0 Å². The Morgan fingerprint density at radius 1 is 1.48 bits per heavy atom. The number of carboxylic acid groups (broad SMARTS) is 1. The molecule has 0 radical (unpaired) electrons. The molecule has 2 aromatic rings. The summed E-state index contributed by atoms with van der Waals surface area (Å²) in [7, 11) is 0. The highest BCUT2D eigenvalue weighted by Crippen LogP contribution is 2.29. The van der Waals surface area contributed by atoms with Gasteiger partial charge in [0.2, 0.25) is 0 Å². The molecule has 134 valence electrons. The van der Waals surface area contributed by atoms with Crippen LogP contribution in [0.3, 0.4) is 0 Å². The van der Waals surface area contributed by atoms with Crippen molar-refractivity contribution in [2.24, 2.45) is 5.73 Å². The fraction of sp³-hybridized carbons (Fsp3) is 0.471. The molecule has 0 amide bonds. The van der Waals surface area contributed by atoms with Gasteiger partial charge in [-0.15, -0.1) is 0 Å². The van der Waals surface area contributed by atoms with Crippen molar-refractivity contribution in [3.63, 3.8) is 0 Å². The number of hydrogen-bond donors (Lipinski definition) is 3. The maximum Gasteiger partial charge on any atom is 0.337 e. The summed E-state index contributed by atoms with van der Waals surface area (Å²) in [5, 5.41) is 17.1. The lowest BCUT2D eigenvalue weighted by atomic mass is 10.1. The van der Waals surface area contributed by atoms with Crippen molar-refractivity contribution < 1.29 is 9.90 Å². The SMILES string of the molecule is Cc1cnn([C@H]2CCCN(CCN)C2)c1Nc1cnccc1C(=O)O. The molecule has 1 saturated heterocycles. The predicted molar refractivity (Wildman–Crippen MR) is 95.2 cm³/mol. The summed E-state index contributed by atoms with van der Waals surface area (Å²) in [4.78, 5) is 17.8. The van der Waals surface area contributed by atoms with Gasteiger partial charge in [0.05, 0.1) is 29.7 Å². The van der Waals surface area contributed by atoms with Crippen LogP contribution < -0.4 is 11.1 Å². The van der Waals surface area contributed by atoms with Crippen LogP contribution in [0, 0.1) is 6.92 Å². The molecule has 8 nitrogen and oxygen atoms in total. The van der Waals surface area contributed by atoms with Crippen LogP contribution in [0.2, 0.25) is 0 Å². The van der Waals surface area contributed by atoms with Gasteiger partial charge in [-0.25, -0.2) is 9.48 Å². The fourth-order valence-corrected chi connectivity index (χ4v) is 3.31. The average molecular weight is 344 g/mol. The minimum absolute atomic E-state index is 0.190. The third kappa shape index (κ3) is 3.80. The molecule has 1 fully saturated rings. The highest BCUT2D eigenvalue weighted by molar-refractivity contribution is 5.94. The highest BCUT2D eigenvalue weighted by Gasteiger charge is 2.24. The summed E-state index contributed by atoms with van der Waals surface area (Å²) >= 11 is 0. The number of pyridine rings is 1. The van der Waals surface area contributed by atoms with E-state index in [0.717, 1.165) is 43.9 Å². The second-order valence-corrected chi connectivity index (χ2v) is 6.36. The lowest BCUT2D eigenvalue weighted by molar-refractivity contribution is 0.0698. The number of nitrogens with zero attached hydrogens (tertiary/aromatic N) is 4. The van der Waals surface area contributed by atoms with Crippen LogP contribution in [0.1, 0.15) is 34.8 Å². The monoisotopic (exact) mass is 344 g/mol. The van der Waals surface area contributed by atoms with E-state index in [2.05, 4.69) is 20.3 Å². The van der Waals surface area contributed by atoms with E-state index in [1.807, 2.05) is 11.6 Å². The Balaban J connectivity index is 1.86. The quantitative estimate of drug-likeness (QED) is 0.730. The van der Waals surface area contributed by atoms with Gasteiger partial charge in [0, 0.05) is 31.4 Å². The number of aromatic carboxylic acids is 1. The van der Waals surface area contributed by atoms with E-state index in [4.69, 9.17) is 5.73 Å². The number of likely N-dealkylation sites (tertiary alicyclic amines) is 1. The normalized spacial score (nSPS) is 18.2. The molecule has 8 heteroatoms. The van der Waals surface area contributed by atoms with Gasteiger partial charge in [-0.05, 0) is 32.4 Å². The van der Waals surface area contributed by atoms with Crippen molar-refractivity contribution in [2.75, 3.05) is 31.5 Å². The number of piperidine rings is 1. The Bertz CT molecular complexity index is 742. The van der Waals surface area contributed by atoms with Crippen LogP contribution in [0.4, 0.5) is 11.5 Å². The molecule has 0 saturated carbocycles. The second kappa shape index (κ2) is 7.62. The molecular weight excluding hydrogens is 320 g/mol. The van der Waals surface area contributed by atoms with Gasteiger partial charge in [-0.3, -0.25) is 9.88 Å². The molecule has 3 heterocycles. The van der Waals surface area contributed by atoms with E-state index in [1.165, 1.54) is 18.5 Å². The lowest BCUT2D eigenvalue weighted by Crippen LogP contribution is -2.39. The van der Waals surface area contributed by atoms with E-state index < -0.39 is 5.97 Å². The molecule has 3 rings (SSSR count). The molecule has 0 unspecified atom stereocenters. The summed E-state index contributed by atoms with van der Waals surface area (Å²) in [5.41, 5.74) is 7.31. The van der Waals surface area contributed by atoms with Gasteiger partial charge in [-0.2, -0.15) is 5.10 Å². The van der Waals surface area contributed by atoms with Crippen molar-refractivity contribution >= 4 is 17.5 Å². The molecule has 0 aliphatic carbocycles. The first-order valence-electron chi connectivity index (χ1n) is 8.51. The molecule has 1 aliphatic heterocycles. The fourth-order valence-electron chi connectivity index (χ4n) is 3.31. The molecule has 0 bridgehead atoms. The number of aromatic nitrogens is 3. The molecule has 2 aromatic heterocycles. The van der Waals surface area contributed by atoms with Gasteiger partial charge in [0.25, 0.3) is 0 Å². The maximum absolute atomic E-state index is 11.4. The number of rotatable bonds is 6. The first-order valence-corrected chi connectivity index (χ1v) is 8.51. The number of carboxylic acids is 1. The molecule has 25 heavy (non-hydrogen) atoms. The lowest BCUT2D eigenvalue weighted by Gasteiger charge is -2.33. The van der Waals surface area contributed by atoms with Gasteiger partial charge < -0.3 is 16.2 Å². The van der Waals surface area contributed by atoms with Crippen molar-refractivity contribution in [2.45, 2.75) is 25.8 Å². The molecule has 1 atom stereocenters. The number of anilines is 2. The Morgan fingerprint density at radius 2 is 2.32 bits per heavy atom.